The molecular weight excluding hydrogens is 403 g/mol. The molecule has 2 aromatic carbocycles. The van der Waals surface area contributed by atoms with Crippen molar-refractivity contribution < 1.29 is 14.4 Å². The second-order valence-electron chi connectivity index (χ2n) is 5.98. The Labute approximate surface area is 172 Å². The zero-order valence-corrected chi connectivity index (χ0v) is 16.9. The molecule has 0 spiro atoms. The molecule has 0 saturated heterocycles. The van der Waals surface area contributed by atoms with Gasteiger partial charge in [-0.05, 0) is 42.8 Å². The monoisotopic (exact) mass is 422 g/mol. The highest BCUT2D eigenvalue weighted by Crippen LogP contribution is 2.22. The number of rotatable bonds is 6. The number of anilines is 2. The van der Waals surface area contributed by atoms with E-state index in [9.17, 15) is 14.4 Å². The number of carbonyl (C=O) groups is 3. The topological polar surface area (TPSA) is 99.3 Å². The van der Waals surface area contributed by atoms with E-state index in [2.05, 4.69) is 21.3 Å². The van der Waals surface area contributed by atoms with Gasteiger partial charge in [0, 0.05) is 37.0 Å². The first-order chi connectivity index (χ1) is 13.3. The molecule has 9 heteroatoms. The van der Waals surface area contributed by atoms with Crippen LogP contribution in [0.1, 0.15) is 22.8 Å². The van der Waals surface area contributed by atoms with Crippen molar-refractivity contribution in [2.24, 2.45) is 0 Å². The lowest BCUT2D eigenvalue weighted by Crippen LogP contribution is -2.36. The molecule has 0 atom stereocenters. The standard InChI is InChI=1S/C19H20Cl2N4O3/c1-11-3-5-14(10-17(11)24-12(2)26)25-19(28)23-8-7-22-18(27)13-4-6-15(20)16(21)9-13/h3-6,9-10H,7-8H2,1-2H3,(H,22,27)(H,24,26)(H2,23,25,28). The number of benzene rings is 2. The zero-order chi connectivity index (χ0) is 20.7. The van der Waals surface area contributed by atoms with Crippen LogP contribution in [0.5, 0.6) is 0 Å². The number of amides is 4. The number of urea groups is 1. The Morgan fingerprint density at radius 2 is 1.61 bits per heavy atom. The summed E-state index contributed by atoms with van der Waals surface area (Å²) in [4.78, 5) is 35.2. The van der Waals surface area contributed by atoms with Gasteiger partial charge >= 0.3 is 6.03 Å². The third-order valence-electron chi connectivity index (χ3n) is 3.68. The lowest BCUT2D eigenvalue weighted by Gasteiger charge is -2.12. The average Bonchev–Trinajstić information content (AvgIpc) is 2.63. The van der Waals surface area contributed by atoms with E-state index >= 15 is 0 Å². The van der Waals surface area contributed by atoms with Gasteiger partial charge in [-0.25, -0.2) is 4.79 Å². The summed E-state index contributed by atoms with van der Waals surface area (Å²) in [5.74, 6) is -0.512. The van der Waals surface area contributed by atoms with Gasteiger partial charge in [-0.15, -0.1) is 0 Å². The van der Waals surface area contributed by atoms with E-state index in [1.807, 2.05) is 6.92 Å². The van der Waals surface area contributed by atoms with E-state index in [0.29, 0.717) is 27.0 Å². The molecule has 28 heavy (non-hydrogen) atoms. The Morgan fingerprint density at radius 1 is 0.893 bits per heavy atom. The van der Waals surface area contributed by atoms with Gasteiger partial charge in [0.15, 0.2) is 0 Å². The lowest BCUT2D eigenvalue weighted by atomic mass is 10.2. The van der Waals surface area contributed by atoms with Crippen LogP contribution in [0.4, 0.5) is 16.2 Å². The lowest BCUT2D eigenvalue weighted by molar-refractivity contribution is -0.114. The van der Waals surface area contributed by atoms with Crippen LogP contribution in [0.3, 0.4) is 0 Å². The number of carbonyl (C=O) groups excluding carboxylic acids is 3. The van der Waals surface area contributed by atoms with Crippen molar-refractivity contribution in [3.63, 3.8) is 0 Å². The molecule has 0 unspecified atom stereocenters. The molecule has 0 aliphatic carbocycles. The molecule has 0 radical (unpaired) electrons. The van der Waals surface area contributed by atoms with Crippen LogP contribution >= 0.6 is 23.2 Å². The SMILES string of the molecule is CC(=O)Nc1cc(NC(=O)NCCNC(=O)c2ccc(Cl)c(Cl)c2)ccc1C. The molecule has 4 N–H and O–H groups in total. The van der Waals surface area contributed by atoms with Crippen molar-refractivity contribution in [3.05, 3.63) is 57.6 Å². The summed E-state index contributed by atoms with van der Waals surface area (Å²) in [5.41, 5.74) is 2.42. The predicted octanol–water partition coefficient (Wildman–Crippen LogP) is 3.81. The Bertz CT molecular complexity index is 903. The van der Waals surface area contributed by atoms with Gasteiger partial charge in [-0.3, -0.25) is 9.59 Å². The minimum Gasteiger partial charge on any atom is -0.350 e. The van der Waals surface area contributed by atoms with Crippen molar-refractivity contribution in [1.82, 2.24) is 10.6 Å². The Morgan fingerprint density at radius 3 is 2.29 bits per heavy atom. The van der Waals surface area contributed by atoms with Crippen molar-refractivity contribution in [1.29, 1.82) is 0 Å². The summed E-state index contributed by atoms with van der Waals surface area (Å²) in [5, 5.41) is 11.3. The van der Waals surface area contributed by atoms with Crippen LogP contribution in [0.2, 0.25) is 10.0 Å². The van der Waals surface area contributed by atoms with Crippen LogP contribution in [0.25, 0.3) is 0 Å². The maximum Gasteiger partial charge on any atom is 0.319 e. The highest BCUT2D eigenvalue weighted by molar-refractivity contribution is 6.42. The van der Waals surface area contributed by atoms with Gasteiger partial charge in [0.1, 0.15) is 0 Å². The van der Waals surface area contributed by atoms with E-state index in [4.69, 9.17) is 23.2 Å². The van der Waals surface area contributed by atoms with Gasteiger partial charge < -0.3 is 21.3 Å². The van der Waals surface area contributed by atoms with Crippen LogP contribution in [0, 0.1) is 6.92 Å². The molecule has 0 heterocycles. The largest absolute Gasteiger partial charge is 0.350 e. The van der Waals surface area contributed by atoms with E-state index in [0.717, 1.165) is 5.56 Å². The predicted molar refractivity (Wildman–Crippen MR) is 111 cm³/mol. The van der Waals surface area contributed by atoms with Gasteiger partial charge in [-0.2, -0.15) is 0 Å². The molecule has 2 aromatic rings. The van der Waals surface area contributed by atoms with Crippen LogP contribution in [-0.4, -0.2) is 30.9 Å². The third-order valence-corrected chi connectivity index (χ3v) is 4.42. The summed E-state index contributed by atoms with van der Waals surface area (Å²) in [7, 11) is 0. The molecule has 4 amide bonds. The first-order valence-corrected chi connectivity index (χ1v) is 9.18. The highest BCUT2D eigenvalue weighted by atomic mass is 35.5. The number of hydrogen-bond donors (Lipinski definition) is 4. The van der Waals surface area contributed by atoms with E-state index in [1.165, 1.54) is 13.0 Å². The Hall–Kier alpha value is -2.77. The van der Waals surface area contributed by atoms with Gasteiger partial charge in [0.2, 0.25) is 5.91 Å². The van der Waals surface area contributed by atoms with E-state index < -0.39 is 6.03 Å². The van der Waals surface area contributed by atoms with Crippen LogP contribution in [-0.2, 0) is 4.79 Å². The first kappa shape index (κ1) is 21.5. The molecule has 0 aliphatic rings. The second kappa shape index (κ2) is 9.96. The molecule has 7 nitrogen and oxygen atoms in total. The van der Waals surface area contributed by atoms with Crippen LogP contribution < -0.4 is 21.3 Å². The smallest absolute Gasteiger partial charge is 0.319 e. The van der Waals surface area contributed by atoms with Crippen molar-refractivity contribution in [2.75, 3.05) is 23.7 Å². The molecule has 0 aliphatic heterocycles. The van der Waals surface area contributed by atoms with E-state index in [1.54, 1.807) is 30.3 Å². The normalized spacial score (nSPS) is 10.1. The minimum atomic E-state index is -0.429. The number of nitrogens with one attached hydrogen (secondary N) is 4. The third kappa shape index (κ3) is 6.44. The average molecular weight is 423 g/mol. The summed E-state index contributed by atoms with van der Waals surface area (Å²) < 4.78 is 0. The fraction of sp³-hybridized carbons (Fsp3) is 0.211. The van der Waals surface area contributed by atoms with Crippen molar-refractivity contribution >= 4 is 52.4 Å². The molecule has 0 saturated carbocycles. The van der Waals surface area contributed by atoms with Gasteiger partial charge in [0.25, 0.3) is 5.91 Å². The summed E-state index contributed by atoms with van der Waals surface area (Å²) in [6.07, 6.45) is 0. The quantitative estimate of drug-likeness (QED) is 0.532. The molecule has 148 valence electrons. The van der Waals surface area contributed by atoms with Gasteiger partial charge in [0.05, 0.1) is 10.0 Å². The molecule has 0 aromatic heterocycles. The molecule has 2 rings (SSSR count). The summed E-state index contributed by atoms with van der Waals surface area (Å²) >= 11 is 11.7. The summed E-state index contributed by atoms with van der Waals surface area (Å²) in [6.45, 7) is 3.73. The number of aryl methyl sites for hydroxylation is 1. The number of halogens is 2. The van der Waals surface area contributed by atoms with Crippen LogP contribution in [0.15, 0.2) is 36.4 Å². The fourth-order valence-corrected chi connectivity index (χ4v) is 2.59. The fourth-order valence-electron chi connectivity index (χ4n) is 2.29. The molecule has 0 bridgehead atoms. The highest BCUT2D eigenvalue weighted by Gasteiger charge is 2.08. The maximum atomic E-state index is 12.0. The Balaban J connectivity index is 1.79. The van der Waals surface area contributed by atoms with Crippen molar-refractivity contribution in [3.8, 4) is 0 Å². The zero-order valence-electron chi connectivity index (χ0n) is 15.4. The first-order valence-electron chi connectivity index (χ1n) is 8.42. The Kier molecular flexibility index (Phi) is 7.66. The minimum absolute atomic E-state index is 0.192. The maximum absolute atomic E-state index is 12.0. The number of hydrogen-bond acceptors (Lipinski definition) is 3. The molecular formula is C19H20Cl2N4O3. The molecule has 0 fully saturated rings. The second-order valence-corrected chi connectivity index (χ2v) is 6.79. The summed E-state index contributed by atoms with van der Waals surface area (Å²) in [6, 6.07) is 9.34. The van der Waals surface area contributed by atoms with Crippen molar-refractivity contribution in [2.45, 2.75) is 13.8 Å². The van der Waals surface area contributed by atoms with E-state index in [-0.39, 0.29) is 24.9 Å². The van der Waals surface area contributed by atoms with Gasteiger partial charge in [-0.1, -0.05) is 29.3 Å².